The fourth-order valence-electron chi connectivity index (χ4n) is 0.598. The minimum absolute atomic E-state index is 0.245. The van der Waals surface area contributed by atoms with Crippen LogP contribution in [-0.4, -0.2) is 15.1 Å². The summed E-state index contributed by atoms with van der Waals surface area (Å²) in [5.74, 6) is 0.299. The van der Waals surface area contributed by atoms with Crippen molar-refractivity contribution in [2.24, 2.45) is 0 Å². The van der Waals surface area contributed by atoms with E-state index in [1.54, 1.807) is 0 Å². The summed E-state index contributed by atoms with van der Waals surface area (Å²) in [6.07, 6.45) is 0.648. The molecule has 0 aliphatic carbocycles. The topological polar surface area (TPSA) is 66.0 Å². The smallest absolute Gasteiger partial charge is 0.250 e. The number of hydrogen-bond acceptors (Lipinski definition) is 3. The van der Waals surface area contributed by atoms with E-state index >= 15 is 0 Å². The van der Waals surface area contributed by atoms with Crippen molar-refractivity contribution in [2.75, 3.05) is 0 Å². The first kappa shape index (κ1) is 6.95. The maximum absolute atomic E-state index is 10.6. The highest BCUT2D eigenvalue weighted by molar-refractivity contribution is 4.91. The number of aliphatic hydroxyl groups is 1. The Morgan fingerprint density at radius 1 is 1.80 bits per heavy atom. The maximum Gasteiger partial charge on any atom is 0.250 e. The average molecular weight is 140 g/mol. The van der Waals surface area contributed by atoms with Gasteiger partial charge in [0.25, 0.3) is 5.56 Å². The van der Waals surface area contributed by atoms with E-state index in [0.29, 0.717) is 5.82 Å². The molecule has 2 N–H and O–H groups in total. The lowest BCUT2D eigenvalue weighted by molar-refractivity contribution is 0.188. The molecule has 0 aliphatic rings. The number of hydrogen-bond donors (Lipinski definition) is 2. The van der Waals surface area contributed by atoms with Crippen molar-refractivity contribution in [3.8, 4) is 0 Å². The van der Waals surface area contributed by atoms with Gasteiger partial charge in [0.2, 0.25) is 0 Å². The third-order valence-corrected chi connectivity index (χ3v) is 1.09. The molecule has 0 amide bonds. The molecule has 4 heteroatoms. The van der Waals surface area contributed by atoms with Gasteiger partial charge in [0.1, 0.15) is 11.9 Å². The van der Waals surface area contributed by atoms with Crippen molar-refractivity contribution >= 4 is 0 Å². The second kappa shape index (κ2) is 2.62. The summed E-state index contributed by atoms with van der Waals surface area (Å²) in [5, 5.41) is 8.92. The Kier molecular flexibility index (Phi) is 1.82. The monoisotopic (exact) mass is 140 g/mol. The molecule has 0 fully saturated rings. The molecule has 0 aromatic carbocycles. The van der Waals surface area contributed by atoms with E-state index in [0.717, 1.165) is 0 Å². The highest BCUT2D eigenvalue weighted by atomic mass is 16.3. The summed E-state index contributed by atoms with van der Waals surface area (Å²) >= 11 is 0. The summed E-state index contributed by atoms with van der Waals surface area (Å²) < 4.78 is 0. The molecule has 0 radical (unpaired) electrons. The lowest BCUT2D eigenvalue weighted by Crippen LogP contribution is -2.10. The molecule has 1 rings (SSSR count). The molecule has 0 unspecified atom stereocenters. The third-order valence-electron chi connectivity index (χ3n) is 1.09. The van der Waals surface area contributed by atoms with Crippen molar-refractivity contribution in [3.63, 3.8) is 0 Å². The van der Waals surface area contributed by atoms with Crippen LogP contribution in [0.2, 0.25) is 0 Å². The highest BCUT2D eigenvalue weighted by Gasteiger charge is 2.00. The van der Waals surface area contributed by atoms with Crippen LogP contribution in [0.4, 0.5) is 0 Å². The molecule has 0 spiro atoms. The summed E-state index contributed by atoms with van der Waals surface area (Å²) in [7, 11) is 0. The molecular formula is C6H8N2O2. The molecule has 54 valence electrons. The standard InChI is InChI=1S/C6H8N2O2/c1-4(9)6-7-3-2-5(10)8-6/h2-4,9H,1H3,(H,7,8,10)/t4-/m0/s1. The van der Waals surface area contributed by atoms with Gasteiger partial charge in [-0.15, -0.1) is 0 Å². The van der Waals surface area contributed by atoms with E-state index in [4.69, 9.17) is 5.11 Å². The first-order valence-corrected chi connectivity index (χ1v) is 2.93. The van der Waals surface area contributed by atoms with Crippen LogP contribution in [0.3, 0.4) is 0 Å². The van der Waals surface area contributed by atoms with Gasteiger partial charge in [-0.3, -0.25) is 4.79 Å². The van der Waals surface area contributed by atoms with Crippen LogP contribution >= 0.6 is 0 Å². The molecule has 1 aromatic rings. The Labute approximate surface area is 57.6 Å². The van der Waals surface area contributed by atoms with Gasteiger partial charge in [-0.05, 0) is 6.92 Å². The van der Waals surface area contributed by atoms with E-state index in [2.05, 4.69) is 9.97 Å². The summed E-state index contributed by atoms with van der Waals surface area (Å²) in [6.45, 7) is 1.54. The average Bonchev–Trinajstić information content (AvgIpc) is 1.88. The Bertz CT molecular complexity index is 266. The second-order valence-electron chi connectivity index (χ2n) is 2.00. The molecule has 0 saturated heterocycles. The van der Waals surface area contributed by atoms with Gasteiger partial charge in [-0.25, -0.2) is 4.98 Å². The molecule has 0 saturated carbocycles. The first-order valence-electron chi connectivity index (χ1n) is 2.93. The zero-order valence-electron chi connectivity index (χ0n) is 5.53. The molecule has 1 heterocycles. The zero-order valence-corrected chi connectivity index (χ0v) is 5.53. The Morgan fingerprint density at radius 2 is 2.50 bits per heavy atom. The van der Waals surface area contributed by atoms with Gasteiger partial charge in [-0.1, -0.05) is 0 Å². The SMILES string of the molecule is C[C@H](O)c1nccc(=O)[nH]1. The minimum atomic E-state index is -0.714. The molecule has 1 aromatic heterocycles. The number of aliphatic hydroxyl groups excluding tert-OH is 1. The third kappa shape index (κ3) is 1.41. The van der Waals surface area contributed by atoms with Crippen LogP contribution in [0.1, 0.15) is 18.9 Å². The lowest BCUT2D eigenvalue weighted by atomic mass is 10.4. The Morgan fingerprint density at radius 3 is 2.90 bits per heavy atom. The van der Waals surface area contributed by atoms with Crippen LogP contribution < -0.4 is 5.56 Å². The highest BCUT2D eigenvalue weighted by Crippen LogP contribution is 1.99. The van der Waals surface area contributed by atoms with Crippen LogP contribution in [0.25, 0.3) is 0 Å². The fourth-order valence-corrected chi connectivity index (χ4v) is 0.598. The quantitative estimate of drug-likeness (QED) is 0.568. The summed E-state index contributed by atoms with van der Waals surface area (Å²) in [5.41, 5.74) is -0.245. The molecule has 0 bridgehead atoms. The molecule has 10 heavy (non-hydrogen) atoms. The number of rotatable bonds is 1. The lowest BCUT2D eigenvalue weighted by Gasteiger charge is -1.99. The largest absolute Gasteiger partial charge is 0.385 e. The number of nitrogens with one attached hydrogen (secondary N) is 1. The van der Waals surface area contributed by atoms with Gasteiger partial charge in [0.15, 0.2) is 0 Å². The van der Waals surface area contributed by atoms with Crippen LogP contribution in [0, 0.1) is 0 Å². The van der Waals surface area contributed by atoms with Crippen molar-refractivity contribution in [1.82, 2.24) is 9.97 Å². The summed E-state index contributed by atoms with van der Waals surface area (Å²) in [4.78, 5) is 16.7. The van der Waals surface area contributed by atoms with E-state index in [-0.39, 0.29) is 5.56 Å². The van der Waals surface area contributed by atoms with Crippen molar-refractivity contribution in [2.45, 2.75) is 13.0 Å². The van der Waals surface area contributed by atoms with Crippen molar-refractivity contribution in [1.29, 1.82) is 0 Å². The number of H-pyrrole nitrogens is 1. The predicted molar refractivity (Wildman–Crippen MR) is 35.5 cm³/mol. The minimum Gasteiger partial charge on any atom is -0.385 e. The van der Waals surface area contributed by atoms with Gasteiger partial charge in [0, 0.05) is 12.3 Å². The second-order valence-corrected chi connectivity index (χ2v) is 2.00. The Balaban J connectivity index is 3.07. The van der Waals surface area contributed by atoms with Crippen LogP contribution in [-0.2, 0) is 0 Å². The van der Waals surface area contributed by atoms with Gasteiger partial charge < -0.3 is 10.1 Å². The van der Waals surface area contributed by atoms with Gasteiger partial charge in [0.05, 0.1) is 0 Å². The number of aromatic amines is 1. The van der Waals surface area contributed by atoms with E-state index < -0.39 is 6.10 Å². The van der Waals surface area contributed by atoms with E-state index in [9.17, 15) is 4.79 Å². The Hall–Kier alpha value is -1.16. The summed E-state index contributed by atoms with van der Waals surface area (Å²) in [6, 6.07) is 1.30. The number of nitrogens with zero attached hydrogens (tertiary/aromatic N) is 1. The molecule has 0 aliphatic heterocycles. The maximum atomic E-state index is 10.6. The fraction of sp³-hybridized carbons (Fsp3) is 0.333. The van der Waals surface area contributed by atoms with Gasteiger partial charge >= 0.3 is 0 Å². The first-order chi connectivity index (χ1) is 4.70. The predicted octanol–water partition coefficient (Wildman–Crippen LogP) is -0.177. The van der Waals surface area contributed by atoms with E-state index in [1.807, 2.05) is 0 Å². The molecular weight excluding hydrogens is 132 g/mol. The normalized spacial score (nSPS) is 13.0. The molecule has 4 nitrogen and oxygen atoms in total. The van der Waals surface area contributed by atoms with Crippen LogP contribution in [0.5, 0.6) is 0 Å². The van der Waals surface area contributed by atoms with Crippen molar-refractivity contribution in [3.05, 3.63) is 28.4 Å². The van der Waals surface area contributed by atoms with Crippen molar-refractivity contribution < 1.29 is 5.11 Å². The zero-order chi connectivity index (χ0) is 7.56. The number of aromatic nitrogens is 2. The van der Waals surface area contributed by atoms with Crippen LogP contribution in [0.15, 0.2) is 17.1 Å². The molecule has 1 atom stereocenters. The van der Waals surface area contributed by atoms with Gasteiger partial charge in [-0.2, -0.15) is 0 Å². The van der Waals surface area contributed by atoms with E-state index in [1.165, 1.54) is 19.2 Å².